The van der Waals surface area contributed by atoms with Gasteiger partial charge in [0.1, 0.15) is 12.4 Å². The van der Waals surface area contributed by atoms with E-state index < -0.39 is 12.1 Å². The SMILES string of the molecule is CC(Oc1ccc(Cl)cc1Cl)C(=O)OCc1csc(Nc2ccccc2)n1. The summed E-state index contributed by atoms with van der Waals surface area (Å²) in [6, 6.07) is 14.5. The van der Waals surface area contributed by atoms with E-state index in [2.05, 4.69) is 10.3 Å². The zero-order chi connectivity index (χ0) is 19.2. The van der Waals surface area contributed by atoms with Crippen LogP contribution in [-0.4, -0.2) is 17.1 Å². The van der Waals surface area contributed by atoms with E-state index in [1.54, 1.807) is 25.1 Å². The molecule has 2 aromatic carbocycles. The molecule has 0 saturated carbocycles. The van der Waals surface area contributed by atoms with Crippen LogP contribution < -0.4 is 10.1 Å². The fraction of sp³-hybridized carbons (Fsp3) is 0.158. The zero-order valence-corrected chi connectivity index (χ0v) is 16.6. The first-order chi connectivity index (χ1) is 13.0. The molecule has 0 aliphatic rings. The number of anilines is 2. The first-order valence-electron chi connectivity index (χ1n) is 8.06. The van der Waals surface area contributed by atoms with Crippen molar-refractivity contribution in [3.8, 4) is 5.75 Å². The molecule has 8 heteroatoms. The summed E-state index contributed by atoms with van der Waals surface area (Å²) < 4.78 is 10.8. The van der Waals surface area contributed by atoms with Crippen molar-refractivity contribution in [1.82, 2.24) is 4.98 Å². The van der Waals surface area contributed by atoms with Gasteiger partial charge in [0.15, 0.2) is 11.2 Å². The number of hydrogen-bond donors (Lipinski definition) is 1. The van der Waals surface area contributed by atoms with Gasteiger partial charge in [-0.15, -0.1) is 11.3 Å². The molecule has 0 fully saturated rings. The van der Waals surface area contributed by atoms with Crippen LogP contribution in [-0.2, 0) is 16.1 Å². The van der Waals surface area contributed by atoms with E-state index in [1.807, 2.05) is 35.7 Å². The molecular weight excluding hydrogens is 407 g/mol. The standard InChI is InChI=1S/C19H16Cl2N2O3S/c1-12(26-17-8-7-13(20)9-16(17)21)18(24)25-10-15-11-27-19(23-15)22-14-5-3-2-4-6-14/h2-9,11-12H,10H2,1H3,(H,22,23). The van der Waals surface area contributed by atoms with Gasteiger partial charge in [-0.25, -0.2) is 9.78 Å². The number of hydrogen-bond acceptors (Lipinski definition) is 6. The number of halogens is 2. The monoisotopic (exact) mass is 422 g/mol. The molecule has 3 rings (SSSR count). The van der Waals surface area contributed by atoms with Gasteiger partial charge < -0.3 is 14.8 Å². The van der Waals surface area contributed by atoms with Crippen LogP contribution in [0.2, 0.25) is 10.0 Å². The fourth-order valence-electron chi connectivity index (χ4n) is 2.15. The van der Waals surface area contributed by atoms with E-state index in [9.17, 15) is 4.79 Å². The van der Waals surface area contributed by atoms with Crippen molar-refractivity contribution in [2.45, 2.75) is 19.6 Å². The molecule has 0 spiro atoms. The number of carbonyl (C=O) groups is 1. The third-order valence-electron chi connectivity index (χ3n) is 3.47. The lowest BCUT2D eigenvalue weighted by Crippen LogP contribution is -2.26. The Hall–Kier alpha value is -2.28. The summed E-state index contributed by atoms with van der Waals surface area (Å²) in [5.74, 6) is -0.139. The lowest BCUT2D eigenvalue weighted by atomic mass is 10.3. The molecule has 0 radical (unpaired) electrons. The molecule has 1 N–H and O–H groups in total. The van der Waals surface area contributed by atoms with Crippen molar-refractivity contribution in [1.29, 1.82) is 0 Å². The number of nitrogens with zero attached hydrogens (tertiary/aromatic N) is 1. The van der Waals surface area contributed by atoms with Crippen molar-refractivity contribution in [3.05, 3.63) is 69.7 Å². The van der Waals surface area contributed by atoms with Crippen LogP contribution in [0.4, 0.5) is 10.8 Å². The maximum Gasteiger partial charge on any atom is 0.347 e. The number of benzene rings is 2. The van der Waals surface area contributed by atoms with Gasteiger partial charge in [0.05, 0.1) is 10.7 Å². The van der Waals surface area contributed by atoms with Crippen LogP contribution in [0.5, 0.6) is 5.75 Å². The minimum Gasteiger partial charge on any atom is -0.477 e. The highest BCUT2D eigenvalue weighted by Crippen LogP contribution is 2.28. The van der Waals surface area contributed by atoms with Gasteiger partial charge in [0.2, 0.25) is 0 Å². The van der Waals surface area contributed by atoms with Crippen molar-refractivity contribution >= 4 is 51.3 Å². The Balaban J connectivity index is 1.51. The number of thiazole rings is 1. The summed E-state index contributed by atoms with van der Waals surface area (Å²) in [6.45, 7) is 1.66. The molecule has 0 amide bonds. The van der Waals surface area contributed by atoms with Gasteiger partial charge >= 0.3 is 5.97 Å². The minimum absolute atomic E-state index is 0.0633. The van der Waals surface area contributed by atoms with Crippen molar-refractivity contribution in [3.63, 3.8) is 0 Å². The molecule has 1 heterocycles. The minimum atomic E-state index is -0.816. The fourth-order valence-corrected chi connectivity index (χ4v) is 3.32. The van der Waals surface area contributed by atoms with Gasteiger partial charge in [-0.3, -0.25) is 0 Å². The van der Waals surface area contributed by atoms with E-state index in [0.29, 0.717) is 21.5 Å². The molecule has 0 aliphatic carbocycles. The second-order valence-electron chi connectivity index (χ2n) is 5.58. The summed E-state index contributed by atoms with van der Waals surface area (Å²) in [5, 5.41) is 6.58. The molecular formula is C19H16Cl2N2O3S. The van der Waals surface area contributed by atoms with E-state index >= 15 is 0 Å². The van der Waals surface area contributed by atoms with Crippen molar-refractivity contribution in [2.75, 3.05) is 5.32 Å². The van der Waals surface area contributed by atoms with Gasteiger partial charge in [-0.2, -0.15) is 0 Å². The van der Waals surface area contributed by atoms with Crippen molar-refractivity contribution < 1.29 is 14.3 Å². The Morgan fingerprint density at radius 3 is 2.74 bits per heavy atom. The number of ether oxygens (including phenoxy) is 2. The van der Waals surface area contributed by atoms with Gasteiger partial charge in [-0.1, -0.05) is 41.4 Å². The maximum absolute atomic E-state index is 12.1. The third-order valence-corrected chi connectivity index (χ3v) is 4.81. The van der Waals surface area contributed by atoms with E-state index in [4.69, 9.17) is 32.7 Å². The van der Waals surface area contributed by atoms with Crippen LogP contribution >= 0.6 is 34.5 Å². The van der Waals surface area contributed by atoms with Crippen molar-refractivity contribution in [2.24, 2.45) is 0 Å². The summed E-state index contributed by atoms with van der Waals surface area (Å²) in [4.78, 5) is 16.5. The smallest absolute Gasteiger partial charge is 0.347 e. The molecule has 1 unspecified atom stereocenters. The number of aromatic nitrogens is 1. The molecule has 0 aliphatic heterocycles. The van der Waals surface area contributed by atoms with E-state index in [0.717, 1.165) is 10.8 Å². The van der Waals surface area contributed by atoms with Gasteiger partial charge in [-0.05, 0) is 37.3 Å². The molecule has 140 valence electrons. The number of nitrogens with one attached hydrogen (secondary N) is 1. The average Bonchev–Trinajstić information content (AvgIpc) is 3.10. The highest BCUT2D eigenvalue weighted by molar-refractivity contribution is 7.13. The second kappa shape index (κ2) is 9.08. The Kier molecular flexibility index (Phi) is 6.55. The normalized spacial score (nSPS) is 11.7. The summed E-state index contributed by atoms with van der Waals surface area (Å²) in [5.41, 5.74) is 1.60. The number of rotatable bonds is 7. The second-order valence-corrected chi connectivity index (χ2v) is 7.28. The average molecular weight is 423 g/mol. The highest BCUT2D eigenvalue weighted by Gasteiger charge is 2.18. The van der Waals surface area contributed by atoms with E-state index in [-0.39, 0.29) is 6.61 Å². The number of carbonyl (C=O) groups excluding carboxylic acids is 1. The number of para-hydroxylation sites is 1. The predicted octanol–water partition coefficient (Wildman–Crippen LogP) is 5.70. The molecule has 1 atom stereocenters. The van der Waals surface area contributed by atoms with Crippen LogP contribution in [0, 0.1) is 0 Å². The predicted molar refractivity (Wildman–Crippen MR) is 108 cm³/mol. The van der Waals surface area contributed by atoms with E-state index in [1.165, 1.54) is 11.3 Å². The molecule has 0 saturated heterocycles. The topological polar surface area (TPSA) is 60.5 Å². The summed E-state index contributed by atoms with van der Waals surface area (Å²) >= 11 is 13.3. The van der Waals surface area contributed by atoms with Gasteiger partial charge in [0, 0.05) is 16.1 Å². The van der Waals surface area contributed by atoms with Crippen LogP contribution in [0.15, 0.2) is 53.9 Å². The first-order valence-corrected chi connectivity index (χ1v) is 9.69. The molecule has 1 aromatic heterocycles. The number of esters is 1. The largest absolute Gasteiger partial charge is 0.477 e. The lowest BCUT2D eigenvalue weighted by Gasteiger charge is -2.14. The van der Waals surface area contributed by atoms with Crippen LogP contribution in [0.25, 0.3) is 0 Å². The molecule has 27 heavy (non-hydrogen) atoms. The molecule has 0 bridgehead atoms. The van der Waals surface area contributed by atoms with Crippen LogP contribution in [0.3, 0.4) is 0 Å². The molecule has 5 nitrogen and oxygen atoms in total. The maximum atomic E-state index is 12.1. The van der Waals surface area contributed by atoms with Gasteiger partial charge in [0.25, 0.3) is 0 Å². The third kappa shape index (κ3) is 5.60. The Morgan fingerprint density at radius 1 is 1.22 bits per heavy atom. The molecule has 3 aromatic rings. The summed E-state index contributed by atoms with van der Waals surface area (Å²) in [7, 11) is 0. The summed E-state index contributed by atoms with van der Waals surface area (Å²) in [6.07, 6.45) is -0.816. The zero-order valence-electron chi connectivity index (χ0n) is 14.3. The Labute approximate surface area is 170 Å². The first kappa shape index (κ1) is 19.5. The van der Waals surface area contributed by atoms with Crippen LogP contribution in [0.1, 0.15) is 12.6 Å². The Bertz CT molecular complexity index is 918. The lowest BCUT2D eigenvalue weighted by molar-refractivity contribution is -0.152. The highest BCUT2D eigenvalue weighted by atomic mass is 35.5. The quantitative estimate of drug-likeness (QED) is 0.494. The Morgan fingerprint density at radius 2 is 2.00 bits per heavy atom.